The number of aryl methyl sites for hydroxylation is 2. The molecule has 3 N–H and O–H groups in total. The van der Waals surface area contributed by atoms with Crippen LogP contribution in [0, 0.1) is 12.7 Å². The molecule has 1 aromatic rings. The van der Waals surface area contributed by atoms with E-state index in [2.05, 4.69) is 0 Å². The average Bonchev–Trinajstić information content (AvgIpc) is 2.19. The third-order valence-corrected chi connectivity index (χ3v) is 2.26. The molecule has 0 fully saturated rings. The first-order chi connectivity index (χ1) is 6.63. The molecular weight excluding hydrogens is 181 g/mol. The molecule has 14 heavy (non-hydrogen) atoms. The minimum atomic E-state index is -0.458. The van der Waals surface area contributed by atoms with Crippen LogP contribution in [0.2, 0.25) is 0 Å². The number of nitrogens with two attached hydrogens (primary N) is 1. The zero-order valence-corrected chi connectivity index (χ0v) is 8.33. The number of hydrogen-bond donors (Lipinski definition) is 2. The Hall–Kier alpha value is -0.930. The van der Waals surface area contributed by atoms with Gasteiger partial charge in [-0.3, -0.25) is 0 Å². The van der Waals surface area contributed by atoms with Crippen molar-refractivity contribution in [2.75, 3.05) is 6.54 Å². The lowest BCUT2D eigenvalue weighted by Gasteiger charge is -2.07. The van der Waals surface area contributed by atoms with Gasteiger partial charge in [-0.1, -0.05) is 12.1 Å². The summed E-state index contributed by atoms with van der Waals surface area (Å²) < 4.78 is 12.9. The third-order valence-electron chi connectivity index (χ3n) is 2.26. The van der Waals surface area contributed by atoms with E-state index >= 15 is 0 Å². The standard InChI is InChI=1S/C11H16FNO/c1-8-6-9(3-5-11(8)12)2-4-10(14)7-13/h3,5-6,10,14H,2,4,7,13H2,1H3. The molecule has 0 aliphatic carbocycles. The molecule has 0 saturated carbocycles. The van der Waals surface area contributed by atoms with Gasteiger partial charge in [-0.2, -0.15) is 0 Å². The maximum absolute atomic E-state index is 12.9. The predicted octanol–water partition coefficient (Wildman–Crippen LogP) is 1.39. The Kier molecular flexibility index (Phi) is 4.04. The van der Waals surface area contributed by atoms with E-state index in [4.69, 9.17) is 5.73 Å². The molecule has 1 unspecified atom stereocenters. The predicted molar refractivity (Wildman–Crippen MR) is 54.5 cm³/mol. The van der Waals surface area contributed by atoms with E-state index in [1.54, 1.807) is 19.1 Å². The van der Waals surface area contributed by atoms with E-state index in [1.807, 2.05) is 0 Å². The van der Waals surface area contributed by atoms with Crippen LogP contribution in [0.5, 0.6) is 0 Å². The molecule has 78 valence electrons. The normalized spacial score (nSPS) is 12.9. The van der Waals surface area contributed by atoms with Crippen LogP contribution < -0.4 is 5.73 Å². The number of aliphatic hydroxyl groups excluding tert-OH is 1. The van der Waals surface area contributed by atoms with Gasteiger partial charge in [0.2, 0.25) is 0 Å². The highest BCUT2D eigenvalue weighted by Gasteiger charge is 2.03. The zero-order valence-electron chi connectivity index (χ0n) is 8.33. The molecular formula is C11H16FNO. The Morgan fingerprint density at radius 3 is 2.79 bits per heavy atom. The smallest absolute Gasteiger partial charge is 0.126 e. The largest absolute Gasteiger partial charge is 0.392 e. The van der Waals surface area contributed by atoms with Gasteiger partial charge >= 0.3 is 0 Å². The molecule has 0 spiro atoms. The summed E-state index contributed by atoms with van der Waals surface area (Å²) in [4.78, 5) is 0. The Balaban J connectivity index is 2.55. The van der Waals surface area contributed by atoms with E-state index in [0.717, 1.165) is 12.0 Å². The van der Waals surface area contributed by atoms with Crippen molar-refractivity contribution in [3.05, 3.63) is 35.1 Å². The first-order valence-corrected chi connectivity index (χ1v) is 4.76. The van der Waals surface area contributed by atoms with Gasteiger partial charge in [-0.15, -0.1) is 0 Å². The molecule has 2 nitrogen and oxygen atoms in total. The van der Waals surface area contributed by atoms with Gasteiger partial charge in [0.15, 0.2) is 0 Å². The lowest BCUT2D eigenvalue weighted by Crippen LogP contribution is -2.20. The van der Waals surface area contributed by atoms with E-state index in [-0.39, 0.29) is 12.4 Å². The van der Waals surface area contributed by atoms with Crippen molar-refractivity contribution in [1.82, 2.24) is 0 Å². The Bertz CT molecular complexity index is 301. The molecule has 0 bridgehead atoms. The summed E-state index contributed by atoms with van der Waals surface area (Å²) in [6, 6.07) is 5.00. The molecule has 1 rings (SSSR count). The Morgan fingerprint density at radius 1 is 1.50 bits per heavy atom. The van der Waals surface area contributed by atoms with Gasteiger partial charge in [0, 0.05) is 6.54 Å². The molecule has 1 atom stereocenters. The maximum Gasteiger partial charge on any atom is 0.126 e. The summed E-state index contributed by atoms with van der Waals surface area (Å²) in [5, 5.41) is 9.24. The quantitative estimate of drug-likeness (QED) is 0.766. The summed E-state index contributed by atoms with van der Waals surface area (Å²) in [5.41, 5.74) is 6.96. The molecule has 0 saturated heterocycles. The van der Waals surface area contributed by atoms with Gasteiger partial charge in [-0.05, 0) is 37.0 Å². The first kappa shape index (κ1) is 11.1. The van der Waals surface area contributed by atoms with Crippen LogP contribution in [-0.4, -0.2) is 17.8 Å². The molecule has 0 heterocycles. The number of halogens is 1. The summed E-state index contributed by atoms with van der Waals surface area (Å²) in [6.45, 7) is 2.01. The minimum absolute atomic E-state index is 0.187. The molecule has 0 aliphatic heterocycles. The number of rotatable bonds is 4. The fourth-order valence-electron chi connectivity index (χ4n) is 1.31. The highest BCUT2D eigenvalue weighted by molar-refractivity contribution is 5.23. The number of aliphatic hydroxyl groups is 1. The summed E-state index contributed by atoms with van der Waals surface area (Å²) in [7, 11) is 0. The molecule has 3 heteroatoms. The van der Waals surface area contributed by atoms with Crippen molar-refractivity contribution in [1.29, 1.82) is 0 Å². The Morgan fingerprint density at radius 2 is 2.21 bits per heavy atom. The van der Waals surface area contributed by atoms with Crippen LogP contribution in [0.15, 0.2) is 18.2 Å². The molecule has 0 amide bonds. The van der Waals surface area contributed by atoms with Gasteiger partial charge in [0.1, 0.15) is 5.82 Å². The number of benzene rings is 1. The monoisotopic (exact) mass is 197 g/mol. The SMILES string of the molecule is Cc1cc(CCC(O)CN)ccc1F. The van der Waals surface area contributed by atoms with Crippen molar-refractivity contribution >= 4 is 0 Å². The topological polar surface area (TPSA) is 46.2 Å². The third kappa shape index (κ3) is 3.09. The highest BCUT2D eigenvalue weighted by atomic mass is 19.1. The molecule has 0 aromatic heterocycles. The maximum atomic E-state index is 12.9. The van der Waals surface area contributed by atoms with Gasteiger partial charge in [-0.25, -0.2) is 4.39 Å². The second-order valence-electron chi connectivity index (χ2n) is 3.51. The molecule has 0 radical (unpaired) electrons. The lowest BCUT2D eigenvalue weighted by molar-refractivity contribution is 0.173. The minimum Gasteiger partial charge on any atom is -0.392 e. The van der Waals surface area contributed by atoms with Crippen LogP contribution in [0.25, 0.3) is 0 Å². The second-order valence-corrected chi connectivity index (χ2v) is 3.51. The van der Waals surface area contributed by atoms with Crippen LogP contribution in [0.1, 0.15) is 17.5 Å². The fourth-order valence-corrected chi connectivity index (χ4v) is 1.31. The van der Waals surface area contributed by atoms with E-state index in [0.29, 0.717) is 12.0 Å². The van der Waals surface area contributed by atoms with Gasteiger partial charge in [0.25, 0.3) is 0 Å². The van der Waals surface area contributed by atoms with E-state index in [1.165, 1.54) is 6.07 Å². The van der Waals surface area contributed by atoms with Crippen LogP contribution in [0.3, 0.4) is 0 Å². The average molecular weight is 197 g/mol. The first-order valence-electron chi connectivity index (χ1n) is 4.76. The van der Waals surface area contributed by atoms with Crippen molar-refractivity contribution in [2.45, 2.75) is 25.9 Å². The van der Waals surface area contributed by atoms with Crippen LogP contribution in [-0.2, 0) is 6.42 Å². The van der Waals surface area contributed by atoms with Gasteiger partial charge < -0.3 is 10.8 Å². The van der Waals surface area contributed by atoms with E-state index in [9.17, 15) is 9.50 Å². The summed E-state index contributed by atoms with van der Waals surface area (Å²) in [6.07, 6.45) is 0.904. The van der Waals surface area contributed by atoms with Crippen molar-refractivity contribution in [3.8, 4) is 0 Å². The van der Waals surface area contributed by atoms with Crippen molar-refractivity contribution in [2.24, 2.45) is 5.73 Å². The number of hydrogen-bond acceptors (Lipinski definition) is 2. The summed E-state index contributed by atoms with van der Waals surface area (Å²) in [5.74, 6) is -0.187. The van der Waals surface area contributed by atoms with Crippen molar-refractivity contribution < 1.29 is 9.50 Å². The van der Waals surface area contributed by atoms with Crippen LogP contribution in [0.4, 0.5) is 4.39 Å². The molecule has 1 aromatic carbocycles. The zero-order chi connectivity index (χ0) is 10.6. The summed E-state index contributed by atoms with van der Waals surface area (Å²) >= 11 is 0. The highest BCUT2D eigenvalue weighted by Crippen LogP contribution is 2.11. The Labute approximate surface area is 83.6 Å². The second kappa shape index (κ2) is 5.08. The molecule has 0 aliphatic rings. The van der Waals surface area contributed by atoms with Gasteiger partial charge in [0.05, 0.1) is 6.10 Å². The van der Waals surface area contributed by atoms with Crippen LogP contribution >= 0.6 is 0 Å². The van der Waals surface area contributed by atoms with E-state index < -0.39 is 6.10 Å². The fraction of sp³-hybridized carbons (Fsp3) is 0.455. The van der Waals surface area contributed by atoms with Crippen molar-refractivity contribution in [3.63, 3.8) is 0 Å². The lowest BCUT2D eigenvalue weighted by atomic mass is 10.0.